The second-order valence-electron chi connectivity index (χ2n) is 4.88. The Labute approximate surface area is 152 Å². The molecule has 0 saturated carbocycles. The first-order valence-corrected chi connectivity index (χ1v) is 5.71. The van der Waals surface area contributed by atoms with Gasteiger partial charge in [-0.05, 0) is 45.2 Å². The van der Waals surface area contributed by atoms with Gasteiger partial charge in [0.25, 0.3) is 0 Å². The molecule has 1 amide bonds. The zero-order valence-electron chi connectivity index (χ0n) is 12.6. The molecule has 0 aliphatic carbocycles. The van der Waals surface area contributed by atoms with Crippen LogP contribution in [0.5, 0.6) is 0 Å². The molecule has 2 unspecified atom stereocenters. The summed E-state index contributed by atoms with van der Waals surface area (Å²) in [6.45, 7) is 10.2. The van der Waals surface area contributed by atoms with E-state index < -0.39 is 0 Å². The van der Waals surface area contributed by atoms with Crippen molar-refractivity contribution in [3.63, 3.8) is 0 Å². The number of hydrogen-bond donors (Lipinski definition) is 1. The molecule has 0 heterocycles. The van der Waals surface area contributed by atoms with Gasteiger partial charge in [-0.15, -0.1) is 0 Å². The van der Waals surface area contributed by atoms with E-state index in [0.717, 1.165) is 0 Å². The van der Waals surface area contributed by atoms with Crippen molar-refractivity contribution in [2.45, 2.75) is 46.2 Å². The van der Waals surface area contributed by atoms with E-state index in [9.17, 15) is 4.79 Å². The fraction of sp³-hybridized carbons (Fsp3) is 0.643. The molecule has 114 valence electrons. The van der Waals surface area contributed by atoms with Crippen molar-refractivity contribution >= 4 is 5.91 Å². The molecule has 0 saturated heterocycles. The van der Waals surface area contributed by atoms with E-state index in [-0.39, 0.29) is 71.8 Å². The van der Waals surface area contributed by atoms with E-state index in [4.69, 9.17) is 0 Å². The fourth-order valence-electron chi connectivity index (χ4n) is 1.56. The van der Waals surface area contributed by atoms with Crippen LogP contribution < -0.4 is 5.32 Å². The quantitative estimate of drug-likeness (QED) is 0.555. The summed E-state index contributed by atoms with van der Waals surface area (Å²) in [5.74, 6) is 0.353. The molecule has 3 nitrogen and oxygen atoms in total. The van der Waals surface area contributed by atoms with E-state index in [0.29, 0.717) is 5.92 Å². The van der Waals surface area contributed by atoms with Crippen LogP contribution in [0.4, 0.5) is 0 Å². The first-order chi connectivity index (χ1) is 7.27. The topological polar surface area (TPSA) is 32.3 Å². The standard InChI is InChI=1S/C13H25N2O.CH3.Yb/c1-8-9-12(16)15(7)11(3)10(2)13(4,5)14-6;;/h8-11,14H,6H2,1-5,7H3;1H3;/q2*-1;+2/b9-8+;;. The maximum Gasteiger partial charge on any atom is 2.00 e. The van der Waals surface area contributed by atoms with E-state index in [2.05, 4.69) is 40.1 Å². The number of carbonyl (C=O) groups excluding carboxylic acids is 1. The number of likely N-dealkylation sites (N-methyl/N-ethyl adjacent to an activating group) is 1. The van der Waals surface area contributed by atoms with E-state index in [1.807, 2.05) is 14.0 Å². The zero-order chi connectivity index (χ0) is 12.9. The Bertz CT molecular complexity index is 265. The molecule has 0 radical (unpaired) electrons. The van der Waals surface area contributed by atoms with Gasteiger partial charge in [-0.25, -0.2) is 0 Å². The minimum atomic E-state index is -0.0934. The molecule has 0 aliphatic rings. The van der Waals surface area contributed by atoms with Gasteiger partial charge in [0.1, 0.15) is 0 Å². The summed E-state index contributed by atoms with van der Waals surface area (Å²) in [6, 6.07) is 0.160. The van der Waals surface area contributed by atoms with Crippen molar-refractivity contribution in [2.75, 3.05) is 7.05 Å². The van der Waals surface area contributed by atoms with Gasteiger partial charge in [0, 0.05) is 13.1 Å². The molecule has 0 rings (SSSR count). The Morgan fingerprint density at radius 3 is 2.17 bits per heavy atom. The Hall–Kier alpha value is 0.689. The molecule has 0 aliphatic heterocycles. The van der Waals surface area contributed by atoms with Gasteiger partial charge in [0.15, 0.2) is 0 Å². The molecule has 0 bridgehead atoms. The first-order valence-electron chi connectivity index (χ1n) is 5.71. The Morgan fingerprint density at radius 2 is 1.83 bits per heavy atom. The third kappa shape index (κ3) is 6.74. The molecule has 18 heavy (non-hydrogen) atoms. The van der Waals surface area contributed by atoms with Gasteiger partial charge in [-0.2, -0.15) is 0 Å². The van der Waals surface area contributed by atoms with Crippen LogP contribution in [-0.4, -0.2) is 29.4 Å². The fourth-order valence-corrected chi connectivity index (χ4v) is 1.56. The van der Waals surface area contributed by atoms with Gasteiger partial charge in [-0.1, -0.05) is 13.0 Å². The number of amides is 1. The summed E-state index contributed by atoms with van der Waals surface area (Å²) in [4.78, 5) is 13.5. The van der Waals surface area contributed by atoms with Gasteiger partial charge in [-0.3, -0.25) is 11.8 Å². The zero-order valence-corrected chi connectivity index (χ0v) is 14.4. The second kappa shape index (κ2) is 10.5. The number of nitrogens with zero attached hydrogens (tertiary/aromatic N) is 1. The molecular weight excluding hydrogens is 385 g/mol. The van der Waals surface area contributed by atoms with Gasteiger partial charge >= 0.3 is 46.9 Å². The Kier molecular flexibility index (Phi) is 13.8. The van der Waals surface area contributed by atoms with Crippen molar-refractivity contribution in [3.8, 4) is 0 Å². The molecule has 0 spiro atoms. The van der Waals surface area contributed by atoms with Crippen molar-refractivity contribution in [1.82, 2.24) is 10.2 Å². The second-order valence-corrected chi connectivity index (χ2v) is 4.88. The predicted octanol–water partition coefficient (Wildman–Crippen LogP) is 2.66. The number of rotatable bonds is 5. The Morgan fingerprint density at radius 1 is 1.39 bits per heavy atom. The summed E-state index contributed by atoms with van der Waals surface area (Å²) in [5, 5.41) is 3.04. The van der Waals surface area contributed by atoms with Gasteiger partial charge in [0.2, 0.25) is 5.91 Å². The molecule has 0 aromatic carbocycles. The van der Waals surface area contributed by atoms with Crippen LogP contribution >= 0.6 is 0 Å². The number of allylic oxidation sites excluding steroid dienone is 1. The molecule has 0 fully saturated rings. The molecule has 0 aromatic rings. The summed E-state index contributed by atoms with van der Waals surface area (Å²) in [7, 11) is 5.57. The SMILES string of the molecule is [CH2-]NC(C)(C)C(C)C(C)N(C)C(=O)/C=C/C.[CH3-].[Yb+2]. The predicted molar refractivity (Wildman–Crippen MR) is 75.2 cm³/mol. The molecular formula is C14H28N2OYb. The van der Waals surface area contributed by atoms with Crippen LogP contribution in [0.1, 0.15) is 34.6 Å². The minimum Gasteiger partial charge on any atom is -0.468 e. The first kappa shape index (κ1) is 23.8. The summed E-state index contributed by atoms with van der Waals surface area (Å²) >= 11 is 0. The van der Waals surface area contributed by atoms with Crippen LogP contribution in [0.25, 0.3) is 0 Å². The van der Waals surface area contributed by atoms with Gasteiger partial charge < -0.3 is 17.6 Å². The maximum atomic E-state index is 11.7. The summed E-state index contributed by atoms with van der Waals surface area (Å²) in [6.07, 6.45) is 3.36. The van der Waals surface area contributed by atoms with Crippen LogP contribution in [-0.2, 0) is 4.79 Å². The molecule has 0 aromatic heterocycles. The molecule has 2 atom stereocenters. The molecule has 1 N–H and O–H groups in total. The van der Waals surface area contributed by atoms with Crippen LogP contribution in [0.15, 0.2) is 12.2 Å². The van der Waals surface area contributed by atoms with Crippen molar-refractivity contribution in [3.05, 3.63) is 26.6 Å². The van der Waals surface area contributed by atoms with Crippen molar-refractivity contribution < 1.29 is 51.7 Å². The third-order valence-corrected chi connectivity index (χ3v) is 3.59. The normalized spacial score (nSPS) is 14.4. The van der Waals surface area contributed by atoms with Crippen molar-refractivity contribution in [2.24, 2.45) is 5.92 Å². The van der Waals surface area contributed by atoms with Crippen LogP contribution in [0, 0.1) is 67.3 Å². The van der Waals surface area contributed by atoms with Crippen LogP contribution in [0.2, 0.25) is 0 Å². The minimum absolute atomic E-state index is 0. The summed E-state index contributed by atoms with van der Waals surface area (Å²) in [5.41, 5.74) is -0.0934. The number of nitrogens with one attached hydrogen (secondary N) is 1. The maximum absolute atomic E-state index is 11.7. The Balaban J connectivity index is -0.00000112. The van der Waals surface area contributed by atoms with Crippen LogP contribution in [0.3, 0.4) is 0 Å². The average Bonchev–Trinajstić information content (AvgIpc) is 2.26. The van der Waals surface area contributed by atoms with Crippen molar-refractivity contribution in [1.29, 1.82) is 0 Å². The smallest absolute Gasteiger partial charge is 0.468 e. The number of carbonyl (C=O) groups is 1. The summed E-state index contributed by atoms with van der Waals surface area (Å²) < 4.78 is 0. The van der Waals surface area contributed by atoms with Gasteiger partial charge in [0.05, 0.1) is 0 Å². The van der Waals surface area contributed by atoms with E-state index in [1.54, 1.807) is 17.1 Å². The monoisotopic (exact) mass is 414 g/mol. The number of hydrogen-bond acceptors (Lipinski definition) is 2. The van der Waals surface area contributed by atoms with E-state index >= 15 is 0 Å². The largest absolute Gasteiger partial charge is 2.00 e. The molecule has 4 heteroatoms. The third-order valence-electron chi connectivity index (χ3n) is 3.59. The van der Waals surface area contributed by atoms with E-state index in [1.165, 1.54) is 0 Å². The average molecular weight is 413 g/mol.